The molecule has 0 bridgehead atoms. The first kappa shape index (κ1) is 31.5. The standard InChI is InChI=1S/C28H39N5O8/c34-23(11-14-30-26(38)19-4-6-20(7-5-19)28(40)41)31-22(16-25(36)37)32-27(39)21-2-1-15-33(17-21)24(35)8-3-18-9-12-29-13-10-18/h4-7,18,21-22,29H,1-3,8-17H2,(H,30,38)(H,31,34)(H,32,39)(H,36,37)(H,40,41)/t21-,22-/m1/s1. The quantitative estimate of drug-likeness (QED) is 0.183. The van der Waals surface area contributed by atoms with Crippen molar-refractivity contribution in [2.24, 2.45) is 11.8 Å². The maximum Gasteiger partial charge on any atom is 0.335 e. The lowest BCUT2D eigenvalue weighted by Crippen LogP contribution is -2.53. The molecule has 4 amide bonds. The first-order valence-corrected chi connectivity index (χ1v) is 14.0. The van der Waals surface area contributed by atoms with Gasteiger partial charge in [-0.15, -0.1) is 0 Å². The van der Waals surface area contributed by atoms with Crippen LogP contribution in [0, 0.1) is 11.8 Å². The Morgan fingerprint density at radius 3 is 2.27 bits per heavy atom. The molecule has 13 heteroatoms. The number of carbonyl (C=O) groups is 6. The normalized spacial score (nSPS) is 18.1. The molecule has 2 heterocycles. The van der Waals surface area contributed by atoms with Crippen molar-refractivity contribution in [2.75, 3.05) is 32.7 Å². The molecule has 0 unspecified atom stereocenters. The number of amides is 4. The van der Waals surface area contributed by atoms with E-state index in [2.05, 4.69) is 21.3 Å². The van der Waals surface area contributed by atoms with E-state index in [-0.39, 0.29) is 36.5 Å². The second kappa shape index (κ2) is 15.7. The smallest absolute Gasteiger partial charge is 0.335 e. The maximum atomic E-state index is 13.0. The number of carbonyl (C=O) groups excluding carboxylic acids is 4. The van der Waals surface area contributed by atoms with Crippen LogP contribution in [0.1, 0.15) is 72.1 Å². The Kier molecular flexibility index (Phi) is 12.1. The first-order chi connectivity index (χ1) is 19.6. The van der Waals surface area contributed by atoms with Gasteiger partial charge in [-0.1, -0.05) is 0 Å². The number of aromatic carboxylic acids is 1. The van der Waals surface area contributed by atoms with Crippen LogP contribution in [0.3, 0.4) is 0 Å². The number of carboxylic acids is 2. The van der Waals surface area contributed by atoms with Crippen LogP contribution in [0.15, 0.2) is 24.3 Å². The number of piperidine rings is 2. The molecule has 0 saturated carbocycles. The molecule has 0 aromatic heterocycles. The summed E-state index contributed by atoms with van der Waals surface area (Å²) >= 11 is 0. The Morgan fingerprint density at radius 1 is 0.927 bits per heavy atom. The average Bonchev–Trinajstić information content (AvgIpc) is 2.96. The minimum atomic E-state index is -1.22. The van der Waals surface area contributed by atoms with Gasteiger partial charge in [0.05, 0.1) is 17.9 Å². The topological polar surface area (TPSA) is 194 Å². The number of likely N-dealkylation sites (tertiary alicyclic amines) is 1. The molecule has 0 radical (unpaired) electrons. The predicted octanol–water partition coefficient (Wildman–Crippen LogP) is 0.556. The van der Waals surface area contributed by atoms with Gasteiger partial charge in [0.15, 0.2) is 0 Å². The molecule has 13 nitrogen and oxygen atoms in total. The molecule has 0 spiro atoms. The number of rotatable bonds is 13. The largest absolute Gasteiger partial charge is 0.481 e. The van der Waals surface area contributed by atoms with E-state index < -0.39 is 48.2 Å². The van der Waals surface area contributed by atoms with Gasteiger partial charge in [0.2, 0.25) is 17.7 Å². The monoisotopic (exact) mass is 573 g/mol. The molecule has 6 N–H and O–H groups in total. The SMILES string of the molecule is O=C(O)C[C@H](NC(=O)CCNC(=O)c1ccc(C(=O)O)cc1)NC(=O)[C@@H]1CCCN(C(=O)CCC2CCNCC2)C1. The van der Waals surface area contributed by atoms with Crippen molar-refractivity contribution in [3.05, 3.63) is 35.4 Å². The third kappa shape index (κ3) is 10.5. The highest BCUT2D eigenvalue weighted by Gasteiger charge is 2.30. The van der Waals surface area contributed by atoms with Gasteiger partial charge >= 0.3 is 11.9 Å². The number of hydrogen-bond acceptors (Lipinski definition) is 7. The summed E-state index contributed by atoms with van der Waals surface area (Å²) in [7, 11) is 0. The summed E-state index contributed by atoms with van der Waals surface area (Å²) < 4.78 is 0. The van der Waals surface area contributed by atoms with E-state index in [1.807, 2.05) is 0 Å². The van der Waals surface area contributed by atoms with Crippen LogP contribution < -0.4 is 21.3 Å². The number of nitrogens with zero attached hydrogens (tertiary/aromatic N) is 1. The summed E-state index contributed by atoms with van der Waals surface area (Å²) in [5, 5.41) is 29.2. The second-order valence-corrected chi connectivity index (χ2v) is 10.5. The van der Waals surface area contributed by atoms with Crippen molar-refractivity contribution in [1.29, 1.82) is 0 Å². The van der Waals surface area contributed by atoms with E-state index in [1.165, 1.54) is 24.3 Å². The van der Waals surface area contributed by atoms with E-state index in [1.54, 1.807) is 4.90 Å². The highest BCUT2D eigenvalue weighted by molar-refractivity contribution is 5.96. The lowest BCUT2D eigenvalue weighted by atomic mass is 9.92. The highest BCUT2D eigenvalue weighted by atomic mass is 16.4. The van der Waals surface area contributed by atoms with Gasteiger partial charge in [0.25, 0.3) is 5.91 Å². The highest BCUT2D eigenvalue weighted by Crippen LogP contribution is 2.21. The van der Waals surface area contributed by atoms with Gasteiger partial charge in [0.1, 0.15) is 6.17 Å². The van der Waals surface area contributed by atoms with E-state index >= 15 is 0 Å². The zero-order valence-electron chi connectivity index (χ0n) is 23.0. The summed E-state index contributed by atoms with van der Waals surface area (Å²) in [6.07, 6.45) is 2.74. The average molecular weight is 574 g/mol. The fourth-order valence-corrected chi connectivity index (χ4v) is 5.10. The Labute approximate surface area is 238 Å². The van der Waals surface area contributed by atoms with E-state index in [4.69, 9.17) is 5.11 Å². The van der Waals surface area contributed by atoms with Crippen LogP contribution >= 0.6 is 0 Å². The molecule has 1 aromatic carbocycles. The molecule has 3 rings (SSSR count). The molecule has 2 aliphatic heterocycles. The van der Waals surface area contributed by atoms with Gasteiger partial charge in [-0.2, -0.15) is 0 Å². The van der Waals surface area contributed by atoms with Crippen LogP contribution in [-0.2, 0) is 19.2 Å². The van der Waals surface area contributed by atoms with Gasteiger partial charge < -0.3 is 36.4 Å². The van der Waals surface area contributed by atoms with E-state index in [9.17, 15) is 33.9 Å². The van der Waals surface area contributed by atoms with Crippen molar-refractivity contribution in [3.8, 4) is 0 Å². The molecule has 0 aliphatic carbocycles. The molecule has 2 saturated heterocycles. The summed E-state index contributed by atoms with van der Waals surface area (Å²) in [4.78, 5) is 74.5. The minimum absolute atomic E-state index is 0.0243. The van der Waals surface area contributed by atoms with Crippen LogP contribution in [0.4, 0.5) is 0 Å². The van der Waals surface area contributed by atoms with Gasteiger partial charge in [-0.05, 0) is 75.4 Å². The number of hydrogen-bond donors (Lipinski definition) is 6. The minimum Gasteiger partial charge on any atom is -0.481 e. The van der Waals surface area contributed by atoms with Crippen LogP contribution in [0.2, 0.25) is 0 Å². The number of nitrogens with one attached hydrogen (secondary N) is 4. The molecule has 2 fully saturated rings. The molecule has 41 heavy (non-hydrogen) atoms. The second-order valence-electron chi connectivity index (χ2n) is 10.5. The maximum absolute atomic E-state index is 13.0. The molecule has 2 atom stereocenters. The molecular weight excluding hydrogens is 534 g/mol. The van der Waals surface area contributed by atoms with Gasteiger partial charge in [-0.3, -0.25) is 24.0 Å². The van der Waals surface area contributed by atoms with Crippen molar-refractivity contribution < 1.29 is 39.0 Å². The molecule has 2 aliphatic rings. The fourth-order valence-electron chi connectivity index (χ4n) is 5.10. The zero-order valence-corrected chi connectivity index (χ0v) is 23.0. The lowest BCUT2D eigenvalue weighted by molar-refractivity contribution is -0.138. The molecule has 1 aromatic rings. The summed E-state index contributed by atoms with van der Waals surface area (Å²) in [5.41, 5.74) is 0.255. The molecular formula is C28H39N5O8. The van der Waals surface area contributed by atoms with E-state index in [0.29, 0.717) is 31.7 Å². The van der Waals surface area contributed by atoms with E-state index in [0.717, 1.165) is 32.4 Å². The van der Waals surface area contributed by atoms with Crippen molar-refractivity contribution in [3.63, 3.8) is 0 Å². The Bertz CT molecular complexity index is 1100. The van der Waals surface area contributed by atoms with Crippen LogP contribution in [-0.4, -0.2) is 89.6 Å². The number of aliphatic carboxylic acids is 1. The fraction of sp³-hybridized carbons (Fsp3) is 0.571. The summed E-state index contributed by atoms with van der Waals surface area (Å²) in [6, 6.07) is 5.29. The third-order valence-corrected chi connectivity index (χ3v) is 7.43. The third-order valence-electron chi connectivity index (χ3n) is 7.43. The zero-order chi connectivity index (χ0) is 29.8. The van der Waals surface area contributed by atoms with Crippen molar-refractivity contribution >= 4 is 35.6 Å². The lowest BCUT2D eigenvalue weighted by Gasteiger charge is -2.33. The predicted molar refractivity (Wildman–Crippen MR) is 147 cm³/mol. The summed E-state index contributed by atoms with van der Waals surface area (Å²) in [6.45, 7) is 2.72. The Balaban J connectivity index is 1.44. The number of carboxylic acid groups (broad SMARTS) is 2. The molecule has 224 valence electrons. The van der Waals surface area contributed by atoms with Crippen LogP contribution in [0.5, 0.6) is 0 Å². The Morgan fingerprint density at radius 2 is 1.61 bits per heavy atom. The number of benzene rings is 1. The Hall–Kier alpha value is -4.00. The van der Waals surface area contributed by atoms with Gasteiger partial charge in [0, 0.05) is 38.0 Å². The first-order valence-electron chi connectivity index (χ1n) is 14.0. The summed E-state index contributed by atoms with van der Waals surface area (Å²) in [5.74, 6) is -3.79. The van der Waals surface area contributed by atoms with Crippen LogP contribution in [0.25, 0.3) is 0 Å². The van der Waals surface area contributed by atoms with Crippen molar-refractivity contribution in [2.45, 2.75) is 57.5 Å². The van der Waals surface area contributed by atoms with Crippen molar-refractivity contribution in [1.82, 2.24) is 26.2 Å². The van der Waals surface area contributed by atoms with Gasteiger partial charge in [-0.25, -0.2) is 4.79 Å².